The van der Waals surface area contributed by atoms with E-state index in [4.69, 9.17) is 9.47 Å². The zero-order valence-electron chi connectivity index (χ0n) is 9.62. The molecule has 1 saturated carbocycles. The Morgan fingerprint density at radius 1 is 1.19 bits per heavy atom. The molecule has 1 fully saturated rings. The summed E-state index contributed by atoms with van der Waals surface area (Å²) in [5.74, 6) is 1.00. The van der Waals surface area contributed by atoms with Crippen molar-refractivity contribution in [3.05, 3.63) is 23.8 Å². The quantitative estimate of drug-likeness (QED) is 0.830. The van der Waals surface area contributed by atoms with E-state index in [-0.39, 0.29) is 0 Å². The van der Waals surface area contributed by atoms with Crippen LogP contribution in [0.3, 0.4) is 0 Å². The van der Waals surface area contributed by atoms with Gasteiger partial charge in [-0.2, -0.15) is 0 Å². The molecule has 86 valence electrons. The van der Waals surface area contributed by atoms with Crippen molar-refractivity contribution in [3.8, 4) is 11.5 Å². The third-order valence-corrected chi connectivity index (χ3v) is 3.08. The van der Waals surface area contributed by atoms with Crippen LogP contribution in [-0.4, -0.2) is 16.5 Å². The van der Waals surface area contributed by atoms with Crippen molar-refractivity contribution >= 4 is 0 Å². The van der Waals surface area contributed by atoms with Gasteiger partial charge in [0.25, 0.3) is 0 Å². The molecular weight excluding hydrogens is 204 g/mol. The van der Waals surface area contributed by atoms with Crippen molar-refractivity contribution < 1.29 is 14.6 Å². The molecule has 1 aliphatic heterocycles. The van der Waals surface area contributed by atoms with Gasteiger partial charge in [-0.15, -0.1) is 0 Å². The molecule has 1 N–H and O–H groups in total. The summed E-state index contributed by atoms with van der Waals surface area (Å²) in [6.45, 7) is 3.78. The van der Waals surface area contributed by atoms with Crippen molar-refractivity contribution in [2.24, 2.45) is 0 Å². The van der Waals surface area contributed by atoms with Crippen LogP contribution in [0.2, 0.25) is 0 Å². The highest BCUT2D eigenvalue weighted by atomic mass is 16.7. The number of hydrogen-bond acceptors (Lipinski definition) is 3. The Morgan fingerprint density at radius 3 is 2.56 bits per heavy atom. The van der Waals surface area contributed by atoms with Crippen molar-refractivity contribution in [2.75, 3.05) is 0 Å². The number of aliphatic hydroxyl groups is 1. The van der Waals surface area contributed by atoms with Crippen LogP contribution in [0.25, 0.3) is 0 Å². The fourth-order valence-corrected chi connectivity index (χ4v) is 2.08. The lowest BCUT2D eigenvalue weighted by Crippen LogP contribution is -2.29. The Kier molecular flexibility index (Phi) is 1.82. The zero-order chi connectivity index (χ0) is 11.4. The molecular formula is C13H16O3. The molecule has 0 atom stereocenters. The second kappa shape index (κ2) is 2.92. The van der Waals surface area contributed by atoms with E-state index in [1.54, 1.807) is 0 Å². The van der Waals surface area contributed by atoms with E-state index in [1.165, 1.54) is 0 Å². The molecule has 1 aromatic carbocycles. The van der Waals surface area contributed by atoms with E-state index in [0.29, 0.717) is 6.42 Å². The second-order valence-electron chi connectivity index (χ2n) is 5.29. The third kappa shape index (κ3) is 1.76. The van der Waals surface area contributed by atoms with Gasteiger partial charge in [-0.1, -0.05) is 6.07 Å². The molecule has 0 saturated heterocycles. The van der Waals surface area contributed by atoms with E-state index < -0.39 is 11.4 Å². The number of benzene rings is 1. The summed E-state index contributed by atoms with van der Waals surface area (Å²) >= 11 is 0. The Balaban J connectivity index is 1.84. The van der Waals surface area contributed by atoms with Crippen molar-refractivity contribution in [1.82, 2.24) is 0 Å². The van der Waals surface area contributed by atoms with Crippen LogP contribution >= 0.6 is 0 Å². The van der Waals surface area contributed by atoms with Crippen molar-refractivity contribution in [3.63, 3.8) is 0 Å². The second-order valence-corrected chi connectivity index (χ2v) is 5.29. The molecule has 1 aromatic rings. The fourth-order valence-electron chi connectivity index (χ4n) is 2.08. The lowest BCUT2D eigenvalue weighted by atomic mass is 10.1. The smallest absolute Gasteiger partial charge is 0.246 e. The Morgan fingerprint density at radius 2 is 1.88 bits per heavy atom. The van der Waals surface area contributed by atoms with Gasteiger partial charge in [0.2, 0.25) is 5.79 Å². The van der Waals surface area contributed by atoms with Crippen LogP contribution in [0.4, 0.5) is 0 Å². The first-order chi connectivity index (χ1) is 7.46. The molecule has 0 aromatic heterocycles. The minimum absolute atomic E-state index is 0.455. The first kappa shape index (κ1) is 9.97. The minimum atomic E-state index is -0.572. The molecule has 3 heteroatoms. The zero-order valence-corrected chi connectivity index (χ0v) is 9.62. The van der Waals surface area contributed by atoms with E-state index in [9.17, 15) is 5.11 Å². The SMILES string of the molecule is CC1(C)Oc2ccc(CC3(O)CC3)cc2O1. The molecule has 1 heterocycles. The average molecular weight is 220 g/mol. The van der Waals surface area contributed by atoms with Crippen LogP contribution in [0, 0.1) is 0 Å². The van der Waals surface area contributed by atoms with Gasteiger partial charge in [0.1, 0.15) is 0 Å². The first-order valence-electron chi connectivity index (χ1n) is 5.69. The molecule has 2 aliphatic rings. The van der Waals surface area contributed by atoms with E-state index in [1.807, 2.05) is 32.0 Å². The summed E-state index contributed by atoms with van der Waals surface area (Å²) in [4.78, 5) is 0. The van der Waals surface area contributed by atoms with Gasteiger partial charge in [-0.25, -0.2) is 0 Å². The van der Waals surface area contributed by atoms with Gasteiger partial charge < -0.3 is 14.6 Å². The monoisotopic (exact) mass is 220 g/mol. The van der Waals surface area contributed by atoms with Crippen LogP contribution in [0.5, 0.6) is 11.5 Å². The summed E-state index contributed by atoms with van der Waals surface area (Å²) in [6.07, 6.45) is 2.53. The topological polar surface area (TPSA) is 38.7 Å². The molecule has 3 rings (SSSR count). The number of hydrogen-bond donors (Lipinski definition) is 1. The maximum Gasteiger partial charge on any atom is 0.246 e. The average Bonchev–Trinajstić information content (AvgIpc) is 2.78. The Hall–Kier alpha value is -1.22. The molecule has 0 radical (unpaired) electrons. The van der Waals surface area contributed by atoms with Crippen molar-refractivity contribution in [2.45, 2.75) is 44.5 Å². The summed E-state index contributed by atoms with van der Waals surface area (Å²) in [7, 11) is 0. The predicted octanol–water partition coefficient (Wildman–Crippen LogP) is 2.26. The minimum Gasteiger partial charge on any atom is -0.449 e. The van der Waals surface area contributed by atoms with E-state index in [2.05, 4.69) is 0 Å². The summed E-state index contributed by atoms with van der Waals surface area (Å²) in [6, 6.07) is 5.89. The normalized spacial score (nSPS) is 23.2. The molecule has 3 nitrogen and oxygen atoms in total. The highest BCUT2D eigenvalue weighted by molar-refractivity contribution is 5.46. The van der Waals surface area contributed by atoms with Crippen LogP contribution in [-0.2, 0) is 6.42 Å². The number of ether oxygens (including phenoxy) is 2. The lowest BCUT2D eigenvalue weighted by Gasteiger charge is -2.16. The van der Waals surface area contributed by atoms with Gasteiger partial charge in [-0.3, -0.25) is 0 Å². The van der Waals surface area contributed by atoms with Crippen molar-refractivity contribution in [1.29, 1.82) is 0 Å². The van der Waals surface area contributed by atoms with Crippen LogP contribution in [0.1, 0.15) is 32.3 Å². The van der Waals surface area contributed by atoms with Gasteiger partial charge in [-0.05, 0) is 30.5 Å². The predicted molar refractivity (Wildman–Crippen MR) is 59.7 cm³/mol. The summed E-state index contributed by atoms with van der Waals surface area (Å²) in [5, 5.41) is 9.86. The summed E-state index contributed by atoms with van der Waals surface area (Å²) in [5.41, 5.74) is 0.656. The van der Waals surface area contributed by atoms with Gasteiger partial charge >= 0.3 is 0 Å². The molecule has 1 aliphatic carbocycles. The highest BCUT2D eigenvalue weighted by Gasteiger charge is 2.40. The van der Waals surface area contributed by atoms with E-state index in [0.717, 1.165) is 29.9 Å². The Bertz CT molecular complexity index is 433. The van der Waals surface area contributed by atoms with Gasteiger partial charge in [0, 0.05) is 20.3 Å². The maximum absolute atomic E-state index is 9.86. The van der Waals surface area contributed by atoms with E-state index >= 15 is 0 Å². The molecule has 0 spiro atoms. The van der Waals surface area contributed by atoms with Gasteiger partial charge in [0.15, 0.2) is 11.5 Å². The summed E-state index contributed by atoms with van der Waals surface area (Å²) < 4.78 is 11.3. The largest absolute Gasteiger partial charge is 0.449 e. The van der Waals surface area contributed by atoms with Crippen LogP contribution < -0.4 is 9.47 Å². The number of fused-ring (bicyclic) bond motifs is 1. The molecule has 0 unspecified atom stereocenters. The molecule has 16 heavy (non-hydrogen) atoms. The number of rotatable bonds is 2. The van der Waals surface area contributed by atoms with Gasteiger partial charge in [0.05, 0.1) is 5.60 Å². The Labute approximate surface area is 95.0 Å². The third-order valence-electron chi connectivity index (χ3n) is 3.08. The first-order valence-corrected chi connectivity index (χ1v) is 5.69. The molecule has 0 amide bonds. The highest BCUT2D eigenvalue weighted by Crippen LogP contribution is 2.42. The van der Waals surface area contributed by atoms with Crippen LogP contribution in [0.15, 0.2) is 18.2 Å². The lowest BCUT2D eigenvalue weighted by molar-refractivity contribution is -0.0431. The standard InChI is InChI=1S/C13H16O3/c1-12(2)15-10-4-3-9(7-11(10)16-12)8-13(14)5-6-13/h3-4,7,14H,5-6,8H2,1-2H3. The molecule has 0 bridgehead atoms. The fraction of sp³-hybridized carbons (Fsp3) is 0.538. The maximum atomic E-state index is 9.86.